The summed E-state index contributed by atoms with van der Waals surface area (Å²) >= 11 is 5.71. The SMILES string of the molecule is COC(=O)c1sc(Cl)nc1C(F)(F)F. The van der Waals surface area contributed by atoms with Crippen molar-refractivity contribution in [1.29, 1.82) is 0 Å². The van der Waals surface area contributed by atoms with Crippen molar-refractivity contribution in [2.45, 2.75) is 6.18 Å². The van der Waals surface area contributed by atoms with Crippen LogP contribution in [0.2, 0.25) is 4.47 Å². The van der Waals surface area contributed by atoms with E-state index in [1.54, 1.807) is 0 Å². The van der Waals surface area contributed by atoms with Crippen LogP contribution in [0.4, 0.5) is 13.2 Å². The van der Waals surface area contributed by atoms with E-state index in [-0.39, 0.29) is 4.47 Å². The molecule has 3 nitrogen and oxygen atoms in total. The Labute approximate surface area is 85.5 Å². The topological polar surface area (TPSA) is 39.2 Å². The molecule has 1 aromatic rings. The highest BCUT2D eigenvalue weighted by Gasteiger charge is 2.39. The number of methoxy groups -OCH3 is 1. The molecule has 0 saturated carbocycles. The molecule has 0 fully saturated rings. The molecule has 0 amide bonds. The Balaban J connectivity index is 3.23. The molecule has 0 aromatic carbocycles. The lowest BCUT2D eigenvalue weighted by Crippen LogP contribution is -2.12. The maximum atomic E-state index is 12.2. The minimum absolute atomic E-state index is 0.349. The van der Waals surface area contributed by atoms with Crippen molar-refractivity contribution >= 4 is 28.9 Å². The third-order valence-electron chi connectivity index (χ3n) is 1.24. The summed E-state index contributed by atoms with van der Waals surface area (Å²) in [4.78, 5) is 13.3. The van der Waals surface area contributed by atoms with Crippen LogP contribution in [0.3, 0.4) is 0 Å². The summed E-state index contributed by atoms with van der Waals surface area (Å²) in [6.45, 7) is 0. The second-order valence-electron chi connectivity index (χ2n) is 2.13. The highest BCUT2D eigenvalue weighted by molar-refractivity contribution is 7.17. The number of carbonyl (C=O) groups excluding carboxylic acids is 1. The number of ether oxygens (including phenoxy) is 1. The monoisotopic (exact) mass is 245 g/mol. The van der Waals surface area contributed by atoms with Gasteiger partial charge in [0, 0.05) is 0 Å². The highest BCUT2D eigenvalue weighted by atomic mass is 35.5. The van der Waals surface area contributed by atoms with Crippen LogP contribution < -0.4 is 0 Å². The first kappa shape index (κ1) is 11.3. The van der Waals surface area contributed by atoms with Crippen molar-refractivity contribution in [2.24, 2.45) is 0 Å². The number of rotatable bonds is 1. The molecule has 0 aliphatic carbocycles. The van der Waals surface area contributed by atoms with Gasteiger partial charge in [0.15, 0.2) is 10.2 Å². The first-order valence-electron chi connectivity index (χ1n) is 3.18. The van der Waals surface area contributed by atoms with Gasteiger partial charge in [0.2, 0.25) is 0 Å². The Hall–Kier alpha value is -0.820. The van der Waals surface area contributed by atoms with E-state index in [0.29, 0.717) is 11.3 Å². The molecule has 0 atom stereocenters. The molecule has 0 radical (unpaired) electrons. The summed E-state index contributed by atoms with van der Waals surface area (Å²) in [6, 6.07) is 0. The minimum Gasteiger partial charge on any atom is -0.465 e. The molecular weight excluding hydrogens is 243 g/mol. The lowest BCUT2D eigenvalue weighted by atomic mass is 10.3. The molecule has 0 aliphatic heterocycles. The maximum absolute atomic E-state index is 12.2. The summed E-state index contributed by atoms with van der Waals surface area (Å²) in [5.41, 5.74) is -1.31. The van der Waals surface area contributed by atoms with E-state index >= 15 is 0 Å². The van der Waals surface area contributed by atoms with Crippen LogP contribution >= 0.6 is 22.9 Å². The molecule has 0 aliphatic rings. The van der Waals surface area contributed by atoms with E-state index in [0.717, 1.165) is 7.11 Å². The van der Waals surface area contributed by atoms with E-state index in [9.17, 15) is 18.0 Å². The van der Waals surface area contributed by atoms with Gasteiger partial charge in [0.25, 0.3) is 0 Å². The van der Waals surface area contributed by atoms with Crippen molar-refractivity contribution in [1.82, 2.24) is 4.98 Å². The predicted molar refractivity (Wildman–Crippen MR) is 43.5 cm³/mol. The van der Waals surface area contributed by atoms with Crippen molar-refractivity contribution in [3.63, 3.8) is 0 Å². The van der Waals surface area contributed by atoms with E-state index < -0.39 is 22.7 Å². The second-order valence-corrected chi connectivity index (χ2v) is 3.72. The van der Waals surface area contributed by atoms with Crippen LogP contribution in [0, 0.1) is 0 Å². The Kier molecular flexibility index (Phi) is 3.01. The van der Waals surface area contributed by atoms with Crippen LogP contribution in [0.1, 0.15) is 15.4 Å². The molecule has 1 aromatic heterocycles. The Morgan fingerprint density at radius 1 is 1.57 bits per heavy atom. The van der Waals surface area contributed by atoms with Gasteiger partial charge >= 0.3 is 12.1 Å². The molecule has 8 heteroatoms. The second kappa shape index (κ2) is 3.74. The fraction of sp³-hybridized carbons (Fsp3) is 0.333. The summed E-state index contributed by atoms with van der Waals surface area (Å²) in [7, 11) is 0.982. The van der Waals surface area contributed by atoms with E-state index in [4.69, 9.17) is 11.6 Å². The van der Waals surface area contributed by atoms with Gasteiger partial charge in [0.05, 0.1) is 7.11 Å². The number of aromatic nitrogens is 1. The lowest BCUT2D eigenvalue weighted by molar-refractivity contribution is -0.141. The van der Waals surface area contributed by atoms with E-state index in [1.807, 2.05) is 0 Å². The minimum atomic E-state index is -4.70. The molecule has 0 bridgehead atoms. The summed E-state index contributed by atoms with van der Waals surface area (Å²) < 4.78 is 40.5. The predicted octanol–water partition coefficient (Wildman–Crippen LogP) is 2.60. The fourth-order valence-corrected chi connectivity index (χ4v) is 1.76. The maximum Gasteiger partial charge on any atom is 0.435 e. The molecule has 0 unspecified atom stereocenters. The van der Waals surface area contributed by atoms with Gasteiger partial charge in [-0.2, -0.15) is 13.2 Å². The lowest BCUT2D eigenvalue weighted by Gasteiger charge is -2.03. The Morgan fingerprint density at radius 3 is 2.57 bits per heavy atom. The Morgan fingerprint density at radius 2 is 2.14 bits per heavy atom. The summed E-state index contributed by atoms with van der Waals surface area (Å²) in [6.07, 6.45) is -4.70. The zero-order chi connectivity index (χ0) is 10.9. The zero-order valence-electron chi connectivity index (χ0n) is 6.68. The van der Waals surface area contributed by atoms with Crippen LogP contribution in [0.15, 0.2) is 0 Å². The van der Waals surface area contributed by atoms with Crippen LogP contribution in [-0.2, 0) is 10.9 Å². The van der Waals surface area contributed by atoms with Crippen molar-refractivity contribution in [3.05, 3.63) is 15.0 Å². The molecule has 1 heterocycles. The molecule has 14 heavy (non-hydrogen) atoms. The molecule has 78 valence electrons. The number of thiazole rings is 1. The van der Waals surface area contributed by atoms with Gasteiger partial charge < -0.3 is 4.74 Å². The van der Waals surface area contributed by atoms with Crippen molar-refractivity contribution in [3.8, 4) is 0 Å². The molecule has 0 N–H and O–H groups in total. The van der Waals surface area contributed by atoms with Crippen LogP contribution in [-0.4, -0.2) is 18.1 Å². The quantitative estimate of drug-likeness (QED) is 0.714. The van der Waals surface area contributed by atoms with Crippen LogP contribution in [0.25, 0.3) is 0 Å². The molecule has 0 saturated heterocycles. The number of alkyl halides is 3. The van der Waals surface area contributed by atoms with Crippen molar-refractivity contribution in [2.75, 3.05) is 7.11 Å². The van der Waals surface area contributed by atoms with Gasteiger partial charge in [0.1, 0.15) is 4.88 Å². The first-order chi connectivity index (χ1) is 6.36. The number of hydrogen-bond donors (Lipinski definition) is 0. The van der Waals surface area contributed by atoms with Gasteiger partial charge in [-0.25, -0.2) is 9.78 Å². The van der Waals surface area contributed by atoms with E-state index in [1.165, 1.54) is 0 Å². The average molecular weight is 246 g/mol. The summed E-state index contributed by atoms with van der Waals surface area (Å²) in [5, 5.41) is 0. The highest BCUT2D eigenvalue weighted by Crippen LogP contribution is 2.36. The Bertz CT molecular complexity index is 362. The number of halogens is 4. The largest absolute Gasteiger partial charge is 0.465 e. The molecule has 1 rings (SSSR count). The third-order valence-corrected chi connectivity index (χ3v) is 2.38. The zero-order valence-corrected chi connectivity index (χ0v) is 8.26. The normalized spacial score (nSPS) is 11.5. The summed E-state index contributed by atoms with van der Waals surface area (Å²) in [5.74, 6) is -1.10. The third kappa shape index (κ3) is 2.16. The van der Waals surface area contributed by atoms with Gasteiger partial charge in [-0.1, -0.05) is 22.9 Å². The molecule has 0 spiro atoms. The average Bonchev–Trinajstić information content (AvgIpc) is 2.45. The van der Waals surface area contributed by atoms with Crippen LogP contribution in [0.5, 0.6) is 0 Å². The van der Waals surface area contributed by atoms with Gasteiger partial charge in [-0.3, -0.25) is 0 Å². The fourth-order valence-electron chi connectivity index (χ4n) is 0.717. The smallest absolute Gasteiger partial charge is 0.435 e. The van der Waals surface area contributed by atoms with E-state index in [2.05, 4.69) is 9.72 Å². The van der Waals surface area contributed by atoms with Gasteiger partial charge in [-0.15, -0.1) is 0 Å². The number of nitrogens with zero attached hydrogens (tertiary/aromatic N) is 1. The number of carbonyl (C=O) groups is 1. The number of hydrogen-bond acceptors (Lipinski definition) is 4. The first-order valence-corrected chi connectivity index (χ1v) is 4.37. The van der Waals surface area contributed by atoms with Crippen molar-refractivity contribution < 1.29 is 22.7 Å². The van der Waals surface area contributed by atoms with Gasteiger partial charge in [-0.05, 0) is 0 Å². The molecular formula is C6H3ClF3NO2S. The standard InChI is InChI=1S/C6H3ClF3NO2S/c1-13-4(12)2-3(6(8,9)10)11-5(7)14-2/h1H3. The number of esters is 1.